The zero-order valence-corrected chi connectivity index (χ0v) is 65.0. The largest absolute Gasteiger partial charge is 0.472 e. The van der Waals surface area contributed by atoms with Crippen molar-refractivity contribution in [3.8, 4) is 0 Å². The molecule has 0 saturated carbocycles. The second-order valence-corrected chi connectivity index (χ2v) is 31.5. The molecular formula is C78H152O17P2. The van der Waals surface area contributed by atoms with Crippen LogP contribution in [0.5, 0.6) is 0 Å². The van der Waals surface area contributed by atoms with Crippen LogP contribution in [0.3, 0.4) is 0 Å². The van der Waals surface area contributed by atoms with Crippen molar-refractivity contribution in [3.05, 3.63) is 0 Å². The van der Waals surface area contributed by atoms with Gasteiger partial charge in [0.15, 0.2) is 12.2 Å². The van der Waals surface area contributed by atoms with Gasteiger partial charge in [0.2, 0.25) is 0 Å². The molecule has 19 heteroatoms. The van der Waals surface area contributed by atoms with E-state index in [1.807, 2.05) is 0 Å². The lowest BCUT2D eigenvalue weighted by Crippen LogP contribution is -2.30. The maximum Gasteiger partial charge on any atom is 0.472 e. The van der Waals surface area contributed by atoms with Crippen molar-refractivity contribution in [3.63, 3.8) is 0 Å². The summed E-state index contributed by atoms with van der Waals surface area (Å²) in [5.41, 5.74) is 0. The van der Waals surface area contributed by atoms with Gasteiger partial charge in [0, 0.05) is 25.7 Å². The molecule has 0 aromatic heterocycles. The predicted molar refractivity (Wildman–Crippen MR) is 395 cm³/mol. The van der Waals surface area contributed by atoms with Crippen LogP contribution in [0.2, 0.25) is 0 Å². The molecule has 17 nitrogen and oxygen atoms in total. The van der Waals surface area contributed by atoms with Crippen molar-refractivity contribution >= 4 is 39.5 Å². The summed E-state index contributed by atoms with van der Waals surface area (Å²) in [6.07, 6.45) is 61.2. The quantitative estimate of drug-likeness (QED) is 0.0222. The number of aliphatic hydroxyl groups excluding tert-OH is 1. The predicted octanol–water partition coefficient (Wildman–Crippen LogP) is 23.3. The first kappa shape index (κ1) is 95.1. The van der Waals surface area contributed by atoms with Crippen LogP contribution in [0.1, 0.15) is 413 Å². The molecule has 0 fully saturated rings. The van der Waals surface area contributed by atoms with Crippen molar-refractivity contribution in [1.29, 1.82) is 0 Å². The highest BCUT2D eigenvalue weighted by Gasteiger charge is 2.30. The van der Waals surface area contributed by atoms with Crippen LogP contribution in [0.15, 0.2) is 0 Å². The Morgan fingerprint density at radius 3 is 0.701 bits per heavy atom. The highest BCUT2D eigenvalue weighted by molar-refractivity contribution is 7.47. The van der Waals surface area contributed by atoms with Gasteiger partial charge in [-0.15, -0.1) is 0 Å². The van der Waals surface area contributed by atoms with Gasteiger partial charge in [-0.25, -0.2) is 9.13 Å². The molecule has 2 unspecified atom stereocenters. The number of rotatable bonds is 78. The smallest absolute Gasteiger partial charge is 0.462 e. The van der Waals surface area contributed by atoms with E-state index in [0.29, 0.717) is 25.7 Å². The number of hydrogen-bond donors (Lipinski definition) is 3. The van der Waals surface area contributed by atoms with Crippen LogP contribution in [0, 0.1) is 5.92 Å². The molecule has 0 rings (SSSR count). The van der Waals surface area contributed by atoms with Crippen LogP contribution in [0.4, 0.5) is 0 Å². The number of carbonyl (C=O) groups excluding carboxylic acids is 4. The lowest BCUT2D eigenvalue weighted by atomic mass is 10.0. The Morgan fingerprint density at radius 2 is 0.474 bits per heavy atom. The van der Waals surface area contributed by atoms with Crippen LogP contribution >= 0.6 is 15.6 Å². The molecular weight excluding hydrogens is 1270 g/mol. The molecule has 97 heavy (non-hydrogen) atoms. The summed E-state index contributed by atoms with van der Waals surface area (Å²) in [5.74, 6) is -1.31. The molecule has 0 heterocycles. The Morgan fingerprint density at radius 1 is 0.278 bits per heavy atom. The number of phosphoric acid groups is 2. The molecule has 0 amide bonds. The van der Waals surface area contributed by atoms with Gasteiger partial charge < -0.3 is 33.8 Å². The Kier molecular flexibility index (Phi) is 69.6. The zero-order chi connectivity index (χ0) is 71.2. The van der Waals surface area contributed by atoms with Crippen LogP contribution < -0.4 is 0 Å². The summed E-state index contributed by atoms with van der Waals surface area (Å²) in [6.45, 7) is 7.30. The van der Waals surface area contributed by atoms with Gasteiger partial charge >= 0.3 is 39.5 Å². The number of carbonyl (C=O) groups is 4. The molecule has 576 valence electrons. The van der Waals surface area contributed by atoms with E-state index in [2.05, 4.69) is 34.6 Å². The number of aliphatic hydroxyl groups is 1. The molecule has 5 atom stereocenters. The third-order valence-electron chi connectivity index (χ3n) is 18.3. The molecule has 0 radical (unpaired) electrons. The number of esters is 4. The molecule has 0 aliphatic heterocycles. The van der Waals surface area contributed by atoms with E-state index in [4.69, 9.17) is 37.0 Å². The summed E-state index contributed by atoms with van der Waals surface area (Å²) in [5, 5.41) is 10.6. The first-order valence-electron chi connectivity index (χ1n) is 40.6. The maximum atomic E-state index is 13.1. The maximum absolute atomic E-state index is 13.1. The van der Waals surface area contributed by atoms with Crippen molar-refractivity contribution in [1.82, 2.24) is 0 Å². The van der Waals surface area contributed by atoms with Gasteiger partial charge in [0.05, 0.1) is 26.4 Å². The third kappa shape index (κ3) is 72.2. The second kappa shape index (κ2) is 71.1. The van der Waals surface area contributed by atoms with Crippen LogP contribution in [0.25, 0.3) is 0 Å². The minimum Gasteiger partial charge on any atom is -0.462 e. The summed E-state index contributed by atoms with van der Waals surface area (Å²) in [7, 11) is -9.91. The molecule has 3 N–H and O–H groups in total. The summed E-state index contributed by atoms with van der Waals surface area (Å²) >= 11 is 0. The van der Waals surface area contributed by atoms with Gasteiger partial charge in [-0.05, 0) is 31.6 Å². The van der Waals surface area contributed by atoms with Crippen molar-refractivity contribution in [2.75, 3.05) is 39.6 Å². The highest BCUT2D eigenvalue weighted by atomic mass is 31.2. The van der Waals surface area contributed by atoms with Gasteiger partial charge in [-0.3, -0.25) is 37.3 Å². The third-order valence-corrected chi connectivity index (χ3v) is 20.2. The minimum atomic E-state index is -4.96. The van der Waals surface area contributed by atoms with E-state index in [1.54, 1.807) is 0 Å². The molecule has 0 bridgehead atoms. The number of phosphoric ester groups is 2. The lowest BCUT2D eigenvalue weighted by Gasteiger charge is -2.21. The van der Waals surface area contributed by atoms with E-state index in [0.717, 1.165) is 109 Å². The van der Waals surface area contributed by atoms with Gasteiger partial charge in [-0.2, -0.15) is 0 Å². The standard InChI is InChI=1S/C78H152O17P2/c1-6-9-12-15-18-20-22-24-26-27-28-29-30-36-40-44-49-54-59-64-78(83)95-74(68-89-76(81)62-57-52-47-42-38-35-32-31-33-37-41-46-50-55-60-71(4)5)70-93-97(86,87)91-66-72(79)65-90-96(84,85)92-69-73(67-88-75(80)61-56-51-45-17-14-11-8-3)94-77(82)63-58-53-48-43-39-34-25-23-21-19-16-13-10-7-2/h71-74,79H,6-70H2,1-5H3,(H,84,85)(H,86,87)/t72-,73+,74+/m0/s1. The Bertz CT molecular complexity index is 1860. The van der Waals surface area contributed by atoms with E-state index in [-0.39, 0.29) is 25.7 Å². The zero-order valence-electron chi connectivity index (χ0n) is 63.2. The van der Waals surface area contributed by atoms with Crippen molar-refractivity contribution < 1.29 is 80.2 Å². The number of hydrogen-bond acceptors (Lipinski definition) is 15. The summed E-state index contributed by atoms with van der Waals surface area (Å²) in [4.78, 5) is 72.8. The topological polar surface area (TPSA) is 237 Å². The average Bonchev–Trinajstić information content (AvgIpc) is 1.29. The fraction of sp³-hybridized carbons (Fsp3) is 0.949. The highest BCUT2D eigenvalue weighted by Crippen LogP contribution is 2.45. The van der Waals surface area contributed by atoms with Crippen molar-refractivity contribution in [2.45, 2.75) is 432 Å². The van der Waals surface area contributed by atoms with E-state index in [1.165, 1.54) is 225 Å². The Hall–Kier alpha value is -1.94. The Balaban J connectivity index is 5.18. The van der Waals surface area contributed by atoms with E-state index >= 15 is 0 Å². The number of unbranched alkanes of at least 4 members (excludes halogenated alkanes) is 50. The molecule has 0 spiro atoms. The normalized spacial score (nSPS) is 13.9. The van der Waals surface area contributed by atoms with Gasteiger partial charge in [-0.1, -0.05) is 362 Å². The van der Waals surface area contributed by atoms with Gasteiger partial charge in [0.25, 0.3) is 0 Å². The fourth-order valence-corrected chi connectivity index (χ4v) is 13.6. The van der Waals surface area contributed by atoms with Gasteiger partial charge in [0.1, 0.15) is 19.3 Å². The molecule has 0 aliphatic carbocycles. The second-order valence-electron chi connectivity index (χ2n) is 28.6. The average molecular weight is 1420 g/mol. The first-order chi connectivity index (χ1) is 47.0. The summed E-state index contributed by atoms with van der Waals surface area (Å²) in [6, 6.07) is 0. The molecule has 0 aromatic carbocycles. The van der Waals surface area contributed by atoms with Crippen molar-refractivity contribution in [2.24, 2.45) is 5.92 Å². The van der Waals surface area contributed by atoms with E-state index in [9.17, 15) is 43.2 Å². The monoisotopic (exact) mass is 1420 g/mol. The van der Waals surface area contributed by atoms with Crippen LogP contribution in [-0.4, -0.2) is 96.7 Å². The SMILES string of the molecule is CCCCCCCCCCCCCCCCCCCCCC(=O)O[C@H](COC(=O)CCCCCCCCCCCCCCCCC(C)C)COP(=O)(O)OC[C@@H](O)COP(=O)(O)OC[C@@H](COC(=O)CCCCCCCCC)OC(=O)CCCCCCCCCCCCCCCC. The number of ether oxygens (including phenoxy) is 4. The fourth-order valence-electron chi connectivity index (χ4n) is 12.1. The molecule has 0 aromatic rings. The Labute approximate surface area is 594 Å². The first-order valence-corrected chi connectivity index (χ1v) is 43.6. The minimum absolute atomic E-state index is 0.108. The van der Waals surface area contributed by atoms with Crippen LogP contribution in [-0.2, 0) is 65.4 Å². The molecule has 0 saturated heterocycles. The summed E-state index contributed by atoms with van der Waals surface area (Å²) < 4.78 is 68.5. The molecule has 0 aliphatic rings. The van der Waals surface area contributed by atoms with E-state index < -0.39 is 97.5 Å². The lowest BCUT2D eigenvalue weighted by molar-refractivity contribution is -0.161.